The van der Waals surface area contributed by atoms with Gasteiger partial charge in [0.1, 0.15) is 11.4 Å². The van der Waals surface area contributed by atoms with Gasteiger partial charge in [-0.1, -0.05) is 38.1 Å². The van der Waals surface area contributed by atoms with Crippen molar-refractivity contribution in [2.24, 2.45) is 10.9 Å². The maximum atomic E-state index is 13.8. The molecule has 4 heterocycles. The number of nitrogens with one attached hydrogen (secondary N) is 1. The molecule has 194 valence electrons. The van der Waals surface area contributed by atoms with E-state index in [4.69, 9.17) is 0 Å². The normalized spacial score (nSPS) is 24.5. The van der Waals surface area contributed by atoms with Gasteiger partial charge in [0.15, 0.2) is 0 Å². The zero-order valence-corrected chi connectivity index (χ0v) is 23.2. The fraction of sp³-hybridized carbons (Fsp3) is 0.444. The van der Waals surface area contributed by atoms with E-state index in [9.17, 15) is 14.7 Å². The second-order valence-electron chi connectivity index (χ2n) is 10.4. The molecule has 4 atom stereocenters. The summed E-state index contributed by atoms with van der Waals surface area (Å²) in [6.07, 6.45) is -0.352. The first-order valence-electron chi connectivity index (χ1n) is 12.4. The fourth-order valence-electron chi connectivity index (χ4n) is 5.21. The Labute approximate surface area is 224 Å². The van der Waals surface area contributed by atoms with Crippen LogP contribution >= 0.6 is 22.9 Å². The smallest absolute Gasteiger partial charge is 0.277 e. The number of amides is 2. The first-order chi connectivity index (χ1) is 17.6. The van der Waals surface area contributed by atoms with Crippen LogP contribution in [-0.4, -0.2) is 55.7 Å². The van der Waals surface area contributed by atoms with Gasteiger partial charge in [-0.2, -0.15) is 9.37 Å². The van der Waals surface area contributed by atoms with Gasteiger partial charge in [0.05, 0.1) is 39.8 Å². The van der Waals surface area contributed by atoms with Gasteiger partial charge in [0.25, 0.3) is 5.91 Å². The number of carbonyl (C=O) groups excluding carboxylic acids is 2. The monoisotopic (exact) mass is 537 g/mol. The van der Waals surface area contributed by atoms with Crippen molar-refractivity contribution in [1.29, 1.82) is 0 Å². The molecule has 2 aromatic heterocycles. The van der Waals surface area contributed by atoms with Gasteiger partial charge in [0, 0.05) is 17.8 Å². The fourth-order valence-corrected chi connectivity index (χ4v) is 7.03. The molecule has 1 fully saturated rings. The van der Waals surface area contributed by atoms with E-state index in [1.807, 2.05) is 70.5 Å². The first kappa shape index (κ1) is 25.7. The first-order valence-corrected chi connectivity index (χ1v) is 14.1. The third-order valence-corrected chi connectivity index (χ3v) is 9.20. The van der Waals surface area contributed by atoms with Gasteiger partial charge in [-0.3, -0.25) is 9.59 Å². The minimum Gasteiger partial charge on any atom is -0.391 e. The zero-order valence-electron chi connectivity index (χ0n) is 21.6. The number of aliphatic imine (C=N–C) groups is 1. The molecule has 1 saturated heterocycles. The Balaban J connectivity index is 1.39. The van der Waals surface area contributed by atoms with Crippen LogP contribution in [0, 0.1) is 19.8 Å². The molecule has 2 aliphatic rings. The predicted molar refractivity (Wildman–Crippen MR) is 146 cm³/mol. The van der Waals surface area contributed by atoms with E-state index in [1.165, 1.54) is 11.5 Å². The van der Waals surface area contributed by atoms with Crippen LogP contribution in [-0.2, 0) is 15.1 Å². The molecule has 0 aliphatic carbocycles. The van der Waals surface area contributed by atoms with Crippen molar-refractivity contribution in [2.75, 3.05) is 6.54 Å². The van der Waals surface area contributed by atoms with Crippen molar-refractivity contribution >= 4 is 40.5 Å². The number of hydrogen-bond donors (Lipinski definition) is 2. The van der Waals surface area contributed by atoms with Gasteiger partial charge >= 0.3 is 0 Å². The van der Waals surface area contributed by atoms with E-state index >= 15 is 0 Å². The number of likely N-dealkylation sites (tertiary alicyclic amines) is 1. The van der Waals surface area contributed by atoms with Gasteiger partial charge < -0.3 is 15.3 Å². The summed E-state index contributed by atoms with van der Waals surface area (Å²) in [4.78, 5) is 39.4. The minimum atomic E-state index is -1.05. The van der Waals surface area contributed by atoms with Gasteiger partial charge in [-0.15, -0.1) is 11.3 Å². The molecular formula is C27H31N5O3S2. The SMILES string of the molecule is Cc1cc(C(C(=O)N2C[C@H](O)CC2C2=NC(=O)[C@](C)(c3ccc(-c4scnc4C)cc3)N2)C(C)C)sn1. The maximum absolute atomic E-state index is 13.8. The van der Waals surface area contributed by atoms with Crippen molar-refractivity contribution < 1.29 is 14.7 Å². The lowest BCUT2D eigenvalue weighted by Gasteiger charge is -2.31. The summed E-state index contributed by atoms with van der Waals surface area (Å²) in [6, 6.07) is 9.32. The average Bonchev–Trinajstić information content (AvgIpc) is 3.62. The molecule has 0 radical (unpaired) electrons. The highest BCUT2D eigenvalue weighted by atomic mass is 32.1. The van der Waals surface area contributed by atoms with E-state index in [1.54, 1.807) is 16.2 Å². The standard InChI is InChI=1S/C27H31N5O3S2/c1-14(2)22(21-10-15(3)31-37-21)25(34)32-12-19(33)11-20(32)24-29-26(35)27(5,30-24)18-8-6-17(7-9-18)23-16(4)28-13-36-23/h6-10,13-14,19-20,22,33H,11-12H2,1-5H3,(H,29,30,35)/t19-,20?,22?,27+/m1/s1. The molecule has 1 aromatic carbocycles. The predicted octanol–water partition coefficient (Wildman–Crippen LogP) is 4.03. The Hall–Kier alpha value is -2.95. The third-order valence-electron chi connectivity index (χ3n) is 7.26. The van der Waals surface area contributed by atoms with Crippen LogP contribution in [0.15, 0.2) is 40.8 Å². The number of nitrogens with zero attached hydrogens (tertiary/aromatic N) is 4. The molecule has 2 amide bonds. The van der Waals surface area contributed by atoms with Gasteiger partial charge in [-0.05, 0) is 55.4 Å². The average molecular weight is 538 g/mol. The lowest BCUT2D eigenvalue weighted by atomic mass is 9.90. The molecule has 3 aromatic rings. The molecule has 0 spiro atoms. The number of thiazole rings is 1. The summed E-state index contributed by atoms with van der Waals surface area (Å²) >= 11 is 2.93. The third kappa shape index (κ3) is 4.62. The number of aliphatic hydroxyl groups is 1. The van der Waals surface area contributed by atoms with Crippen molar-refractivity contribution in [3.05, 3.63) is 57.7 Å². The van der Waals surface area contributed by atoms with Crippen molar-refractivity contribution in [1.82, 2.24) is 19.6 Å². The number of benzene rings is 1. The lowest BCUT2D eigenvalue weighted by Crippen LogP contribution is -2.51. The number of amidine groups is 1. The number of β-amino-alcohol motifs (C(OH)–C–C–N with tert-alkyl or cyclic N) is 1. The number of rotatable bonds is 6. The summed E-state index contributed by atoms with van der Waals surface area (Å²) in [5.41, 5.74) is 4.47. The number of carbonyl (C=O) groups is 2. The Morgan fingerprint density at radius 1 is 1.24 bits per heavy atom. The van der Waals surface area contributed by atoms with Crippen LogP contribution in [0.1, 0.15) is 54.9 Å². The summed E-state index contributed by atoms with van der Waals surface area (Å²) in [6.45, 7) is 9.95. The van der Waals surface area contributed by atoms with E-state index in [2.05, 4.69) is 19.7 Å². The van der Waals surface area contributed by atoms with Crippen LogP contribution in [0.5, 0.6) is 0 Å². The highest BCUT2D eigenvalue weighted by Crippen LogP contribution is 2.36. The van der Waals surface area contributed by atoms with Crippen molar-refractivity contribution in [3.8, 4) is 10.4 Å². The summed E-state index contributed by atoms with van der Waals surface area (Å²) < 4.78 is 4.37. The van der Waals surface area contributed by atoms with Crippen molar-refractivity contribution in [2.45, 2.75) is 64.6 Å². The van der Waals surface area contributed by atoms with Crippen LogP contribution in [0.4, 0.5) is 0 Å². The highest BCUT2D eigenvalue weighted by molar-refractivity contribution is 7.13. The summed E-state index contributed by atoms with van der Waals surface area (Å²) in [5.74, 6) is -0.267. The van der Waals surface area contributed by atoms with E-state index < -0.39 is 17.7 Å². The van der Waals surface area contributed by atoms with Gasteiger partial charge in [0.2, 0.25) is 5.91 Å². The molecule has 2 unspecified atom stereocenters. The van der Waals surface area contributed by atoms with Crippen LogP contribution in [0.25, 0.3) is 10.4 Å². The quantitative estimate of drug-likeness (QED) is 0.492. The lowest BCUT2D eigenvalue weighted by molar-refractivity contribution is -0.134. The maximum Gasteiger partial charge on any atom is 0.277 e. The largest absolute Gasteiger partial charge is 0.391 e. The Morgan fingerprint density at radius 2 is 1.97 bits per heavy atom. The molecule has 8 nitrogen and oxygen atoms in total. The van der Waals surface area contributed by atoms with E-state index in [0.29, 0.717) is 12.3 Å². The second kappa shape index (κ2) is 9.74. The van der Waals surface area contributed by atoms with E-state index in [-0.39, 0.29) is 30.2 Å². The molecular weight excluding hydrogens is 506 g/mol. The number of hydrogen-bond acceptors (Lipinski definition) is 8. The number of aryl methyl sites for hydroxylation is 2. The van der Waals surface area contributed by atoms with E-state index in [0.717, 1.165) is 32.3 Å². The molecule has 0 saturated carbocycles. The number of aromatic nitrogens is 2. The Kier molecular flexibility index (Phi) is 6.76. The summed E-state index contributed by atoms with van der Waals surface area (Å²) in [7, 11) is 0. The molecule has 37 heavy (non-hydrogen) atoms. The van der Waals surface area contributed by atoms with Crippen LogP contribution in [0.2, 0.25) is 0 Å². The zero-order chi connectivity index (χ0) is 26.5. The highest BCUT2D eigenvalue weighted by Gasteiger charge is 2.48. The molecule has 0 bridgehead atoms. The Bertz CT molecular complexity index is 1360. The minimum absolute atomic E-state index is 0.0526. The molecule has 5 rings (SSSR count). The topological polar surface area (TPSA) is 108 Å². The van der Waals surface area contributed by atoms with Crippen LogP contribution < -0.4 is 5.32 Å². The number of aliphatic hydroxyl groups excluding tert-OH is 1. The van der Waals surface area contributed by atoms with Crippen LogP contribution in [0.3, 0.4) is 0 Å². The molecule has 10 heteroatoms. The summed E-state index contributed by atoms with van der Waals surface area (Å²) in [5, 5.41) is 13.9. The van der Waals surface area contributed by atoms with Crippen molar-refractivity contribution in [3.63, 3.8) is 0 Å². The second-order valence-corrected chi connectivity index (χ2v) is 12.1. The molecule has 2 aliphatic heterocycles. The molecule has 2 N–H and O–H groups in total. The Morgan fingerprint density at radius 3 is 2.57 bits per heavy atom. The van der Waals surface area contributed by atoms with Gasteiger partial charge in [-0.25, -0.2) is 4.98 Å².